The van der Waals surface area contributed by atoms with E-state index in [1.165, 1.54) is 18.3 Å². The summed E-state index contributed by atoms with van der Waals surface area (Å²) < 4.78 is 30.1. The van der Waals surface area contributed by atoms with Gasteiger partial charge in [0.05, 0.1) is 28.1 Å². The summed E-state index contributed by atoms with van der Waals surface area (Å²) >= 11 is 0. The molecular weight excluding hydrogens is 376 g/mol. The minimum atomic E-state index is -3.51. The number of rotatable bonds is 6. The van der Waals surface area contributed by atoms with E-state index < -0.39 is 15.7 Å². The third-order valence-corrected chi connectivity index (χ3v) is 5.87. The predicted octanol–water partition coefficient (Wildman–Crippen LogP) is 4.23. The van der Waals surface area contributed by atoms with Crippen LogP contribution >= 0.6 is 0 Å². The van der Waals surface area contributed by atoms with Crippen LogP contribution in [-0.2, 0) is 9.84 Å². The molecule has 0 bridgehead atoms. The Morgan fingerprint density at radius 1 is 1.04 bits per heavy atom. The lowest BCUT2D eigenvalue weighted by Crippen LogP contribution is -2.17. The van der Waals surface area contributed by atoms with Crippen molar-refractivity contribution in [2.75, 3.05) is 11.1 Å². The zero-order valence-corrected chi connectivity index (χ0v) is 16.4. The van der Waals surface area contributed by atoms with Gasteiger partial charge in [-0.2, -0.15) is 0 Å². The number of carbonyl (C=O) groups is 1. The van der Waals surface area contributed by atoms with Crippen LogP contribution in [0.15, 0.2) is 71.8 Å². The summed E-state index contributed by atoms with van der Waals surface area (Å²) in [4.78, 5) is 16.8. The lowest BCUT2D eigenvalue weighted by atomic mass is 10.2. The van der Waals surface area contributed by atoms with Crippen LogP contribution in [0.25, 0.3) is 0 Å². The summed E-state index contributed by atoms with van der Waals surface area (Å²) in [6.07, 6.45) is 1.46. The molecule has 0 aliphatic heterocycles. The van der Waals surface area contributed by atoms with Crippen LogP contribution in [0.2, 0.25) is 0 Å². The zero-order chi connectivity index (χ0) is 20.1. The van der Waals surface area contributed by atoms with E-state index in [-0.39, 0.29) is 16.2 Å². The largest absolute Gasteiger partial charge is 0.439 e. The van der Waals surface area contributed by atoms with Crippen molar-refractivity contribution in [1.82, 2.24) is 4.98 Å². The van der Waals surface area contributed by atoms with Crippen LogP contribution in [0, 0.1) is 6.92 Å². The fourth-order valence-electron chi connectivity index (χ4n) is 2.52. The molecular formula is C21H20N2O4S. The Kier molecular flexibility index (Phi) is 5.75. The number of amides is 1. The van der Waals surface area contributed by atoms with Gasteiger partial charge in [0.1, 0.15) is 5.75 Å². The number of ether oxygens (including phenoxy) is 1. The van der Waals surface area contributed by atoms with E-state index in [2.05, 4.69) is 10.3 Å². The third-order valence-electron chi connectivity index (χ3n) is 4.08. The molecule has 0 aliphatic rings. The first-order valence-electron chi connectivity index (χ1n) is 8.73. The molecule has 0 saturated heterocycles. The Labute approximate surface area is 164 Å². The Morgan fingerprint density at radius 2 is 1.75 bits per heavy atom. The highest BCUT2D eigenvalue weighted by atomic mass is 32.2. The monoisotopic (exact) mass is 396 g/mol. The Balaban J connectivity index is 1.74. The van der Waals surface area contributed by atoms with Gasteiger partial charge in [-0.15, -0.1) is 0 Å². The molecule has 1 N–H and O–H groups in total. The van der Waals surface area contributed by atoms with E-state index in [1.807, 2.05) is 31.2 Å². The van der Waals surface area contributed by atoms with Gasteiger partial charge >= 0.3 is 0 Å². The molecule has 3 aromatic rings. The second-order valence-corrected chi connectivity index (χ2v) is 8.40. The van der Waals surface area contributed by atoms with Gasteiger partial charge in [-0.1, -0.05) is 36.8 Å². The van der Waals surface area contributed by atoms with E-state index in [1.54, 1.807) is 31.2 Å². The van der Waals surface area contributed by atoms with Crippen molar-refractivity contribution < 1.29 is 17.9 Å². The number of hydrogen-bond donors (Lipinski definition) is 1. The summed E-state index contributed by atoms with van der Waals surface area (Å²) in [7, 11) is -3.51. The van der Waals surface area contributed by atoms with Crippen LogP contribution in [-0.4, -0.2) is 25.1 Å². The molecule has 7 heteroatoms. The van der Waals surface area contributed by atoms with Crippen molar-refractivity contribution in [2.24, 2.45) is 0 Å². The molecule has 1 heterocycles. The summed E-state index contributed by atoms with van der Waals surface area (Å²) in [6, 6.07) is 17.0. The second-order valence-electron chi connectivity index (χ2n) is 6.15. The molecule has 28 heavy (non-hydrogen) atoms. The molecule has 1 aromatic heterocycles. The summed E-state index contributed by atoms with van der Waals surface area (Å²) in [6.45, 7) is 3.53. The number of nitrogens with one attached hydrogen (secondary N) is 1. The molecule has 144 valence electrons. The molecule has 0 atom stereocenters. The van der Waals surface area contributed by atoms with Crippen molar-refractivity contribution >= 4 is 21.4 Å². The topological polar surface area (TPSA) is 85.4 Å². The average molecular weight is 396 g/mol. The van der Waals surface area contributed by atoms with Gasteiger partial charge in [0, 0.05) is 6.07 Å². The summed E-state index contributed by atoms with van der Waals surface area (Å²) in [5.41, 5.74) is 1.66. The van der Waals surface area contributed by atoms with Crippen LogP contribution < -0.4 is 10.1 Å². The number of pyridine rings is 1. The van der Waals surface area contributed by atoms with Gasteiger partial charge in [-0.25, -0.2) is 13.4 Å². The lowest BCUT2D eigenvalue weighted by Gasteiger charge is -2.10. The van der Waals surface area contributed by atoms with Crippen molar-refractivity contribution in [3.8, 4) is 11.6 Å². The molecule has 0 spiro atoms. The van der Waals surface area contributed by atoms with Crippen LogP contribution in [0.4, 0.5) is 5.69 Å². The molecule has 0 radical (unpaired) electrons. The SMILES string of the molecule is CCS(=O)(=O)c1ccccc1C(=O)Nc1ccc(Oc2ccc(C)cc2)nc1. The number of aryl methyl sites for hydroxylation is 1. The molecule has 2 aromatic carbocycles. The van der Waals surface area contributed by atoms with E-state index in [9.17, 15) is 13.2 Å². The van der Waals surface area contributed by atoms with Gasteiger partial charge < -0.3 is 10.1 Å². The fourth-order valence-corrected chi connectivity index (χ4v) is 3.61. The number of hydrogen-bond acceptors (Lipinski definition) is 5. The molecule has 1 amide bonds. The van der Waals surface area contributed by atoms with Crippen molar-refractivity contribution in [2.45, 2.75) is 18.7 Å². The van der Waals surface area contributed by atoms with Gasteiger partial charge in [0.15, 0.2) is 9.84 Å². The maximum Gasteiger partial charge on any atom is 0.257 e. The third kappa shape index (κ3) is 4.55. The maximum atomic E-state index is 12.6. The van der Waals surface area contributed by atoms with Crippen LogP contribution in [0.1, 0.15) is 22.8 Å². The normalized spacial score (nSPS) is 11.1. The lowest BCUT2D eigenvalue weighted by molar-refractivity contribution is 0.102. The average Bonchev–Trinajstić information content (AvgIpc) is 2.71. The highest BCUT2D eigenvalue weighted by Gasteiger charge is 2.20. The zero-order valence-electron chi connectivity index (χ0n) is 15.5. The first-order valence-corrected chi connectivity index (χ1v) is 10.4. The predicted molar refractivity (Wildman–Crippen MR) is 108 cm³/mol. The summed E-state index contributed by atoms with van der Waals surface area (Å²) in [5.74, 6) is 0.454. The van der Waals surface area contributed by atoms with Crippen molar-refractivity contribution in [3.05, 3.63) is 78.0 Å². The Bertz CT molecular complexity index is 1080. The minimum absolute atomic E-state index is 0.0160. The summed E-state index contributed by atoms with van der Waals surface area (Å²) in [5, 5.41) is 2.67. The number of carbonyl (C=O) groups excluding carboxylic acids is 1. The minimum Gasteiger partial charge on any atom is -0.439 e. The van der Waals surface area contributed by atoms with Crippen molar-refractivity contribution in [3.63, 3.8) is 0 Å². The van der Waals surface area contributed by atoms with E-state index in [0.29, 0.717) is 17.3 Å². The van der Waals surface area contributed by atoms with Crippen LogP contribution in [0.3, 0.4) is 0 Å². The van der Waals surface area contributed by atoms with Gasteiger partial charge in [0.25, 0.3) is 5.91 Å². The van der Waals surface area contributed by atoms with E-state index >= 15 is 0 Å². The number of sulfone groups is 1. The fraction of sp³-hybridized carbons (Fsp3) is 0.143. The standard InChI is InChI=1S/C21H20N2O4S/c1-3-28(25,26)19-7-5-4-6-18(19)21(24)23-16-10-13-20(22-14-16)27-17-11-8-15(2)9-12-17/h4-14H,3H2,1-2H3,(H,23,24). The van der Waals surface area contributed by atoms with Crippen molar-refractivity contribution in [1.29, 1.82) is 0 Å². The second kappa shape index (κ2) is 8.22. The smallest absolute Gasteiger partial charge is 0.257 e. The first kappa shape index (κ1) is 19.6. The quantitative estimate of drug-likeness (QED) is 0.674. The number of nitrogens with zero attached hydrogens (tertiary/aromatic N) is 1. The van der Waals surface area contributed by atoms with E-state index in [0.717, 1.165) is 5.56 Å². The maximum absolute atomic E-state index is 12.6. The Morgan fingerprint density at radius 3 is 2.39 bits per heavy atom. The molecule has 3 rings (SSSR count). The Hall–Kier alpha value is -3.19. The molecule has 0 fully saturated rings. The number of anilines is 1. The van der Waals surface area contributed by atoms with Crippen LogP contribution in [0.5, 0.6) is 11.6 Å². The van der Waals surface area contributed by atoms with Gasteiger partial charge in [-0.3, -0.25) is 4.79 Å². The number of aromatic nitrogens is 1. The van der Waals surface area contributed by atoms with Gasteiger partial charge in [-0.05, 0) is 37.3 Å². The molecule has 0 saturated carbocycles. The highest BCUT2D eigenvalue weighted by molar-refractivity contribution is 7.91. The van der Waals surface area contributed by atoms with E-state index in [4.69, 9.17) is 4.74 Å². The molecule has 0 aliphatic carbocycles. The molecule has 0 unspecified atom stereocenters. The highest BCUT2D eigenvalue weighted by Crippen LogP contribution is 2.22. The van der Waals surface area contributed by atoms with Gasteiger partial charge in [0.2, 0.25) is 5.88 Å². The first-order chi connectivity index (χ1) is 13.4. The molecule has 6 nitrogen and oxygen atoms in total. The number of benzene rings is 2.